The standard InChI is InChI=1S/C14H27N5S/c1-4-8-12(15-3)13(5-2)20-14-16-17-18-19(14)11-9-6-7-10-11/h11-13,15H,4-10H2,1-3H3. The molecule has 2 unspecified atom stereocenters. The Hall–Kier alpha value is -0.620. The lowest BCUT2D eigenvalue weighted by molar-refractivity contribution is 0.421. The van der Waals surface area contributed by atoms with Gasteiger partial charge in [0.1, 0.15) is 0 Å². The lowest BCUT2D eigenvalue weighted by Gasteiger charge is -2.25. The molecule has 1 fully saturated rings. The van der Waals surface area contributed by atoms with Crippen LogP contribution in [0.4, 0.5) is 0 Å². The Bertz CT molecular complexity index is 389. The Morgan fingerprint density at radius 3 is 2.70 bits per heavy atom. The molecule has 1 aromatic rings. The van der Waals surface area contributed by atoms with Crippen molar-refractivity contribution in [2.45, 2.75) is 81.3 Å². The first-order valence-corrected chi connectivity index (χ1v) is 8.79. The molecular weight excluding hydrogens is 270 g/mol. The lowest BCUT2D eigenvalue weighted by Crippen LogP contribution is -2.35. The van der Waals surface area contributed by atoms with E-state index in [1.807, 2.05) is 11.8 Å². The predicted molar refractivity (Wildman–Crippen MR) is 83.0 cm³/mol. The third-order valence-corrected chi connectivity index (χ3v) is 5.66. The monoisotopic (exact) mass is 297 g/mol. The van der Waals surface area contributed by atoms with Crippen LogP contribution in [0.15, 0.2) is 5.16 Å². The molecule has 2 atom stereocenters. The van der Waals surface area contributed by atoms with Gasteiger partial charge >= 0.3 is 0 Å². The van der Waals surface area contributed by atoms with Gasteiger partial charge in [-0.1, -0.05) is 44.9 Å². The SMILES string of the molecule is CCCC(NC)C(CC)Sc1nnnn1C1CCCC1. The number of hydrogen-bond acceptors (Lipinski definition) is 5. The molecule has 6 heteroatoms. The first-order valence-electron chi connectivity index (χ1n) is 7.91. The molecule has 0 radical (unpaired) electrons. The number of nitrogens with zero attached hydrogens (tertiary/aromatic N) is 4. The third kappa shape index (κ3) is 3.73. The quantitative estimate of drug-likeness (QED) is 0.747. The second kappa shape index (κ2) is 7.98. The first kappa shape index (κ1) is 15.8. The zero-order chi connectivity index (χ0) is 14.4. The fourth-order valence-electron chi connectivity index (χ4n) is 3.05. The van der Waals surface area contributed by atoms with Gasteiger partial charge in [-0.15, -0.1) is 5.10 Å². The van der Waals surface area contributed by atoms with Crippen LogP contribution < -0.4 is 5.32 Å². The van der Waals surface area contributed by atoms with Gasteiger partial charge in [0.05, 0.1) is 6.04 Å². The van der Waals surface area contributed by atoms with E-state index in [0.717, 1.165) is 11.6 Å². The summed E-state index contributed by atoms with van der Waals surface area (Å²) in [6.07, 6.45) is 8.60. The van der Waals surface area contributed by atoms with Gasteiger partial charge in [0.2, 0.25) is 5.16 Å². The van der Waals surface area contributed by atoms with Crippen LogP contribution >= 0.6 is 11.8 Å². The van der Waals surface area contributed by atoms with E-state index in [-0.39, 0.29) is 0 Å². The molecule has 0 amide bonds. The van der Waals surface area contributed by atoms with Crippen LogP contribution in [0, 0.1) is 0 Å². The Morgan fingerprint density at radius 1 is 1.35 bits per heavy atom. The van der Waals surface area contributed by atoms with Crippen LogP contribution in [0.2, 0.25) is 0 Å². The summed E-state index contributed by atoms with van der Waals surface area (Å²) in [5, 5.41) is 17.4. The highest BCUT2D eigenvalue weighted by molar-refractivity contribution is 7.99. The fraction of sp³-hybridized carbons (Fsp3) is 0.929. The smallest absolute Gasteiger partial charge is 0.209 e. The topological polar surface area (TPSA) is 55.6 Å². The van der Waals surface area contributed by atoms with Gasteiger partial charge in [0.25, 0.3) is 0 Å². The van der Waals surface area contributed by atoms with E-state index >= 15 is 0 Å². The van der Waals surface area contributed by atoms with E-state index in [9.17, 15) is 0 Å². The molecular formula is C14H27N5S. The van der Waals surface area contributed by atoms with Gasteiger partial charge in [-0.2, -0.15) is 0 Å². The third-order valence-electron chi connectivity index (χ3n) is 4.21. The number of tetrazole rings is 1. The van der Waals surface area contributed by atoms with Crippen LogP contribution in [-0.4, -0.2) is 38.5 Å². The summed E-state index contributed by atoms with van der Waals surface area (Å²) in [6, 6.07) is 1.05. The van der Waals surface area contributed by atoms with Crippen molar-refractivity contribution >= 4 is 11.8 Å². The minimum Gasteiger partial charge on any atom is -0.316 e. The van der Waals surface area contributed by atoms with Crippen molar-refractivity contribution in [3.8, 4) is 0 Å². The summed E-state index contributed by atoms with van der Waals surface area (Å²) in [7, 11) is 2.06. The summed E-state index contributed by atoms with van der Waals surface area (Å²) in [4.78, 5) is 0. The Kier molecular flexibility index (Phi) is 6.29. The van der Waals surface area contributed by atoms with Gasteiger partial charge in [-0.05, 0) is 43.2 Å². The van der Waals surface area contributed by atoms with Crippen molar-refractivity contribution in [1.29, 1.82) is 0 Å². The number of hydrogen-bond donors (Lipinski definition) is 1. The Labute approximate surface area is 126 Å². The predicted octanol–water partition coefficient (Wildman–Crippen LogP) is 3.05. The van der Waals surface area contributed by atoms with Crippen molar-refractivity contribution in [2.75, 3.05) is 7.05 Å². The average Bonchev–Trinajstić information content (AvgIpc) is 3.12. The van der Waals surface area contributed by atoms with E-state index in [4.69, 9.17) is 0 Å². The first-order chi connectivity index (χ1) is 9.80. The maximum atomic E-state index is 4.26. The van der Waals surface area contributed by atoms with Crippen LogP contribution in [0.5, 0.6) is 0 Å². The molecule has 5 nitrogen and oxygen atoms in total. The number of nitrogens with one attached hydrogen (secondary N) is 1. The van der Waals surface area contributed by atoms with Gasteiger partial charge in [-0.25, -0.2) is 4.68 Å². The maximum absolute atomic E-state index is 4.26. The van der Waals surface area contributed by atoms with Crippen molar-refractivity contribution in [3.05, 3.63) is 0 Å². The molecule has 1 saturated carbocycles. The molecule has 0 aromatic carbocycles. The lowest BCUT2D eigenvalue weighted by atomic mass is 10.1. The fourth-order valence-corrected chi connectivity index (χ4v) is 4.30. The second-order valence-electron chi connectivity index (χ2n) is 5.59. The van der Waals surface area contributed by atoms with Gasteiger partial charge in [-0.3, -0.25) is 0 Å². The molecule has 2 rings (SSSR count). The average molecular weight is 297 g/mol. The summed E-state index contributed by atoms with van der Waals surface area (Å²) < 4.78 is 2.07. The van der Waals surface area contributed by atoms with E-state index in [0.29, 0.717) is 17.3 Å². The number of aromatic nitrogens is 4. The minimum atomic E-state index is 0.518. The molecule has 20 heavy (non-hydrogen) atoms. The van der Waals surface area contributed by atoms with Crippen LogP contribution in [-0.2, 0) is 0 Å². The van der Waals surface area contributed by atoms with Crippen LogP contribution in [0.25, 0.3) is 0 Å². The van der Waals surface area contributed by atoms with Crippen molar-refractivity contribution in [3.63, 3.8) is 0 Å². The molecule has 1 heterocycles. The zero-order valence-electron chi connectivity index (χ0n) is 12.9. The highest BCUT2D eigenvalue weighted by atomic mass is 32.2. The minimum absolute atomic E-state index is 0.518. The zero-order valence-corrected chi connectivity index (χ0v) is 13.7. The normalized spacial score (nSPS) is 19.4. The summed E-state index contributed by atoms with van der Waals surface area (Å²) in [5.41, 5.74) is 0. The van der Waals surface area contributed by atoms with Crippen molar-refractivity contribution in [1.82, 2.24) is 25.5 Å². The van der Waals surface area contributed by atoms with Crippen molar-refractivity contribution < 1.29 is 0 Å². The van der Waals surface area contributed by atoms with Crippen LogP contribution in [0.1, 0.15) is 64.8 Å². The molecule has 1 aromatic heterocycles. The highest BCUT2D eigenvalue weighted by Gasteiger charge is 2.25. The van der Waals surface area contributed by atoms with E-state index < -0.39 is 0 Å². The summed E-state index contributed by atoms with van der Waals surface area (Å²) >= 11 is 1.85. The van der Waals surface area contributed by atoms with Crippen LogP contribution in [0.3, 0.4) is 0 Å². The Balaban J connectivity index is 2.05. The van der Waals surface area contributed by atoms with Gasteiger partial charge < -0.3 is 5.32 Å². The van der Waals surface area contributed by atoms with Gasteiger partial charge in [0, 0.05) is 11.3 Å². The molecule has 1 aliphatic carbocycles. The van der Waals surface area contributed by atoms with E-state index in [2.05, 4.69) is 46.4 Å². The molecule has 0 saturated heterocycles. The van der Waals surface area contributed by atoms with Gasteiger partial charge in [0.15, 0.2) is 0 Å². The molecule has 1 aliphatic rings. The van der Waals surface area contributed by atoms with E-state index in [1.165, 1.54) is 38.5 Å². The molecule has 1 N–H and O–H groups in total. The highest BCUT2D eigenvalue weighted by Crippen LogP contribution is 2.34. The molecule has 114 valence electrons. The van der Waals surface area contributed by atoms with Crippen molar-refractivity contribution in [2.24, 2.45) is 0 Å². The summed E-state index contributed by atoms with van der Waals surface area (Å²) in [5.74, 6) is 0. The second-order valence-corrected chi connectivity index (χ2v) is 6.80. The molecule has 0 spiro atoms. The number of rotatable bonds is 8. The Morgan fingerprint density at radius 2 is 2.10 bits per heavy atom. The molecule has 0 aliphatic heterocycles. The molecule has 0 bridgehead atoms. The van der Waals surface area contributed by atoms with E-state index in [1.54, 1.807) is 0 Å². The summed E-state index contributed by atoms with van der Waals surface area (Å²) in [6.45, 7) is 4.49. The number of thioether (sulfide) groups is 1. The largest absolute Gasteiger partial charge is 0.316 e. The maximum Gasteiger partial charge on any atom is 0.209 e.